The summed E-state index contributed by atoms with van der Waals surface area (Å²) in [6.07, 6.45) is 1.92. The van der Waals surface area contributed by atoms with Gasteiger partial charge in [-0.15, -0.1) is 0 Å². The van der Waals surface area contributed by atoms with Crippen LogP contribution in [-0.2, 0) is 13.0 Å². The van der Waals surface area contributed by atoms with Gasteiger partial charge in [0.1, 0.15) is 19.0 Å². The number of aliphatic hydroxyl groups is 1. The summed E-state index contributed by atoms with van der Waals surface area (Å²) in [5.74, 6) is 0.216. The third kappa shape index (κ3) is 4.17. The number of carbonyl (C=O) groups excluding carboxylic acids is 1. The molecule has 0 aliphatic heterocycles. The second kappa shape index (κ2) is 7.60. The van der Waals surface area contributed by atoms with E-state index in [1.54, 1.807) is 0 Å². The van der Waals surface area contributed by atoms with E-state index in [4.69, 9.17) is 9.84 Å². The van der Waals surface area contributed by atoms with E-state index in [1.807, 2.05) is 48.5 Å². The molecule has 3 heteroatoms. The molecule has 0 aliphatic carbocycles. The first kappa shape index (κ1) is 15.3. The summed E-state index contributed by atoms with van der Waals surface area (Å²) in [5.41, 5.74) is 2.58. The normalized spacial score (nSPS) is 10.4. The molecule has 110 valence electrons. The average Bonchev–Trinajstić information content (AvgIpc) is 2.54. The predicted octanol–water partition coefficient (Wildman–Crippen LogP) is 3.39. The molecule has 0 aliphatic rings. The largest absolute Gasteiger partial charge is 0.488 e. The monoisotopic (exact) mass is 284 g/mol. The molecule has 3 nitrogen and oxygen atoms in total. The van der Waals surface area contributed by atoms with E-state index in [0.29, 0.717) is 17.9 Å². The minimum atomic E-state index is -0.503. The molecule has 0 aromatic heterocycles. The molecule has 2 aromatic carbocycles. The Balaban J connectivity index is 2.19. The van der Waals surface area contributed by atoms with Gasteiger partial charge in [-0.3, -0.25) is 4.79 Å². The van der Waals surface area contributed by atoms with Crippen LogP contribution in [0.25, 0.3) is 0 Å². The summed E-state index contributed by atoms with van der Waals surface area (Å²) in [7, 11) is 0. The van der Waals surface area contributed by atoms with Gasteiger partial charge in [-0.05, 0) is 29.7 Å². The minimum absolute atomic E-state index is 0.309. The first-order chi connectivity index (χ1) is 10.2. The zero-order valence-corrected chi connectivity index (χ0v) is 12.2. The Hall–Kier alpha value is -2.13. The third-order valence-corrected chi connectivity index (χ3v) is 3.26. The van der Waals surface area contributed by atoms with Crippen LogP contribution in [0.1, 0.15) is 34.8 Å². The van der Waals surface area contributed by atoms with Crippen molar-refractivity contribution in [1.29, 1.82) is 0 Å². The number of aryl methyl sites for hydroxylation is 1. The fourth-order valence-electron chi connectivity index (χ4n) is 2.19. The predicted molar refractivity (Wildman–Crippen MR) is 82.6 cm³/mol. The van der Waals surface area contributed by atoms with Crippen LogP contribution in [0.4, 0.5) is 0 Å². The number of Topliss-reactive ketones (excluding diaryl/α,β-unsaturated/α-hetero) is 1. The maximum absolute atomic E-state index is 11.9. The van der Waals surface area contributed by atoms with Gasteiger partial charge in [0.25, 0.3) is 0 Å². The van der Waals surface area contributed by atoms with Crippen molar-refractivity contribution >= 4 is 5.78 Å². The van der Waals surface area contributed by atoms with Crippen molar-refractivity contribution in [3.05, 3.63) is 65.2 Å². The van der Waals surface area contributed by atoms with Gasteiger partial charge in [0.2, 0.25) is 0 Å². The van der Waals surface area contributed by atoms with E-state index in [2.05, 4.69) is 6.92 Å². The Bertz CT molecular complexity index is 591. The number of hydrogen-bond donors (Lipinski definition) is 1. The first-order valence-corrected chi connectivity index (χ1v) is 7.18. The molecule has 21 heavy (non-hydrogen) atoms. The maximum atomic E-state index is 11.9. The molecule has 2 rings (SSSR count). The maximum Gasteiger partial charge on any atom is 0.191 e. The van der Waals surface area contributed by atoms with Crippen LogP contribution >= 0.6 is 0 Å². The Morgan fingerprint density at radius 3 is 2.52 bits per heavy atom. The number of ether oxygens (including phenoxy) is 1. The van der Waals surface area contributed by atoms with Crippen LogP contribution in [0.5, 0.6) is 5.75 Å². The van der Waals surface area contributed by atoms with E-state index < -0.39 is 6.61 Å². The van der Waals surface area contributed by atoms with Crippen molar-refractivity contribution in [2.45, 2.75) is 26.4 Å². The molecule has 0 saturated carbocycles. The van der Waals surface area contributed by atoms with Crippen molar-refractivity contribution in [2.24, 2.45) is 0 Å². The molecule has 0 bridgehead atoms. The number of hydrogen-bond acceptors (Lipinski definition) is 3. The lowest BCUT2D eigenvalue weighted by molar-refractivity contribution is 0.0899. The highest BCUT2D eigenvalue weighted by atomic mass is 16.5. The van der Waals surface area contributed by atoms with Gasteiger partial charge in [0.05, 0.1) is 5.56 Å². The van der Waals surface area contributed by atoms with Gasteiger partial charge >= 0.3 is 0 Å². The quantitative estimate of drug-likeness (QED) is 0.793. The standard InChI is InChI=1S/C18H20O3/c1-2-6-14-9-10-18(16(11-14)17(20)12-19)21-13-15-7-4-3-5-8-15/h3-5,7-11,19H,2,6,12-13H2,1H3. The van der Waals surface area contributed by atoms with Crippen LogP contribution in [0.2, 0.25) is 0 Å². The summed E-state index contributed by atoms with van der Waals surface area (Å²) in [6, 6.07) is 15.4. The fraction of sp³-hybridized carbons (Fsp3) is 0.278. The Morgan fingerprint density at radius 1 is 1.10 bits per heavy atom. The summed E-state index contributed by atoms with van der Waals surface area (Å²) >= 11 is 0. The molecule has 0 fully saturated rings. The van der Waals surface area contributed by atoms with Gasteiger partial charge in [0, 0.05) is 0 Å². The lowest BCUT2D eigenvalue weighted by atomic mass is 10.0. The van der Waals surface area contributed by atoms with Crippen molar-refractivity contribution in [3.8, 4) is 5.75 Å². The van der Waals surface area contributed by atoms with Gasteiger partial charge in [-0.2, -0.15) is 0 Å². The molecular weight excluding hydrogens is 264 g/mol. The van der Waals surface area contributed by atoms with Gasteiger partial charge in [-0.1, -0.05) is 49.7 Å². The first-order valence-electron chi connectivity index (χ1n) is 7.18. The molecule has 0 saturated heterocycles. The van der Waals surface area contributed by atoms with Crippen molar-refractivity contribution in [1.82, 2.24) is 0 Å². The van der Waals surface area contributed by atoms with Crippen molar-refractivity contribution < 1.29 is 14.6 Å². The molecule has 0 unspecified atom stereocenters. The number of rotatable bonds is 7. The SMILES string of the molecule is CCCc1ccc(OCc2ccccc2)c(C(=O)CO)c1. The van der Waals surface area contributed by atoms with Gasteiger partial charge in [-0.25, -0.2) is 0 Å². The summed E-state index contributed by atoms with van der Waals surface area (Å²) in [4.78, 5) is 11.9. The van der Waals surface area contributed by atoms with E-state index in [0.717, 1.165) is 24.0 Å². The van der Waals surface area contributed by atoms with Crippen molar-refractivity contribution in [2.75, 3.05) is 6.61 Å². The number of carbonyl (C=O) groups is 1. The highest BCUT2D eigenvalue weighted by Crippen LogP contribution is 2.23. The van der Waals surface area contributed by atoms with E-state index in [-0.39, 0.29) is 5.78 Å². The highest BCUT2D eigenvalue weighted by Gasteiger charge is 2.13. The Labute approximate surface area is 125 Å². The number of ketones is 1. The second-order valence-electron chi connectivity index (χ2n) is 4.94. The zero-order chi connectivity index (χ0) is 15.1. The van der Waals surface area contributed by atoms with E-state index in [1.165, 1.54) is 0 Å². The molecular formula is C18H20O3. The van der Waals surface area contributed by atoms with Gasteiger partial charge < -0.3 is 9.84 Å². The van der Waals surface area contributed by atoms with Crippen LogP contribution < -0.4 is 4.74 Å². The lowest BCUT2D eigenvalue weighted by Gasteiger charge is -2.12. The van der Waals surface area contributed by atoms with Crippen LogP contribution in [-0.4, -0.2) is 17.5 Å². The second-order valence-corrected chi connectivity index (χ2v) is 4.94. The molecule has 0 atom stereocenters. The Morgan fingerprint density at radius 2 is 1.86 bits per heavy atom. The Kier molecular flexibility index (Phi) is 5.52. The average molecular weight is 284 g/mol. The van der Waals surface area contributed by atoms with E-state index >= 15 is 0 Å². The van der Waals surface area contributed by atoms with Crippen LogP contribution in [0.3, 0.4) is 0 Å². The van der Waals surface area contributed by atoms with Crippen LogP contribution in [0.15, 0.2) is 48.5 Å². The topological polar surface area (TPSA) is 46.5 Å². The molecule has 0 amide bonds. The molecule has 1 N–H and O–H groups in total. The van der Waals surface area contributed by atoms with Crippen LogP contribution in [0, 0.1) is 0 Å². The molecule has 0 radical (unpaired) electrons. The zero-order valence-electron chi connectivity index (χ0n) is 12.2. The van der Waals surface area contributed by atoms with E-state index in [9.17, 15) is 4.79 Å². The molecule has 2 aromatic rings. The molecule has 0 heterocycles. The summed E-state index contributed by atoms with van der Waals surface area (Å²) < 4.78 is 5.75. The smallest absolute Gasteiger partial charge is 0.191 e. The number of aliphatic hydroxyl groups excluding tert-OH is 1. The highest BCUT2D eigenvalue weighted by molar-refractivity contribution is 5.99. The summed E-state index contributed by atoms with van der Waals surface area (Å²) in [6.45, 7) is 1.99. The fourth-order valence-corrected chi connectivity index (χ4v) is 2.19. The van der Waals surface area contributed by atoms with Gasteiger partial charge in [0.15, 0.2) is 5.78 Å². The lowest BCUT2D eigenvalue weighted by Crippen LogP contribution is -2.08. The minimum Gasteiger partial charge on any atom is -0.488 e. The third-order valence-electron chi connectivity index (χ3n) is 3.26. The van der Waals surface area contributed by atoms with Crippen molar-refractivity contribution in [3.63, 3.8) is 0 Å². The number of benzene rings is 2. The summed E-state index contributed by atoms with van der Waals surface area (Å²) in [5, 5.41) is 9.11. The molecule has 0 spiro atoms.